The maximum Gasteiger partial charge on any atom is 0.223 e. The lowest BCUT2D eigenvalue weighted by molar-refractivity contribution is -0.135. The number of amides is 2. The van der Waals surface area contributed by atoms with Gasteiger partial charge in [-0.2, -0.15) is 0 Å². The number of piperidine rings is 1. The fourth-order valence-corrected chi connectivity index (χ4v) is 4.54. The molecular formula is C24H37N3O3. The highest BCUT2D eigenvalue weighted by Gasteiger charge is 2.29. The Morgan fingerprint density at radius 2 is 1.73 bits per heavy atom. The molecule has 1 N–H and O–H groups in total. The molecule has 1 aromatic rings. The lowest BCUT2D eigenvalue weighted by atomic mass is 9.95. The molecule has 2 fully saturated rings. The zero-order valence-electron chi connectivity index (χ0n) is 18.7. The quantitative estimate of drug-likeness (QED) is 0.743. The number of ether oxygens (including phenoxy) is 1. The van der Waals surface area contributed by atoms with Crippen LogP contribution in [0.1, 0.15) is 45.6 Å². The van der Waals surface area contributed by atoms with Crippen molar-refractivity contribution in [2.45, 2.75) is 64.7 Å². The van der Waals surface area contributed by atoms with Gasteiger partial charge in [-0.3, -0.25) is 14.5 Å². The molecule has 0 spiro atoms. The van der Waals surface area contributed by atoms with Crippen LogP contribution in [0, 0.1) is 5.92 Å². The van der Waals surface area contributed by atoms with Crippen molar-refractivity contribution < 1.29 is 14.3 Å². The Balaban J connectivity index is 1.36. The maximum absolute atomic E-state index is 12.6. The third kappa shape index (κ3) is 6.54. The number of hydrogen-bond donors (Lipinski definition) is 1. The Kier molecular flexibility index (Phi) is 8.28. The van der Waals surface area contributed by atoms with Gasteiger partial charge in [0.15, 0.2) is 0 Å². The molecule has 3 rings (SSSR count). The Morgan fingerprint density at radius 1 is 1.10 bits per heavy atom. The van der Waals surface area contributed by atoms with Gasteiger partial charge in [-0.15, -0.1) is 0 Å². The van der Waals surface area contributed by atoms with Gasteiger partial charge in [-0.1, -0.05) is 30.3 Å². The summed E-state index contributed by atoms with van der Waals surface area (Å²) in [5, 5.41) is 3.14. The molecule has 0 bridgehead atoms. The van der Waals surface area contributed by atoms with Crippen LogP contribution in [0.2, 0.25) is 0 Å². The maximum atomic E-state index is 12.6. The van der Waals surface area contributed by atoms with Crippen molar-refractivity contribution in [3.8, 4) is 0 Å². The summed E-state index contributed by atoms with van der Waals surface area (Å²) in [4.78, 5) is 29.5. The minimum Gasteiger partial charge on any atom is -0.373 e. The zero-order chi connectivity index (χ0) is 21.5. The molecule has 2 heterocycles. The van der Waals surface area contributed by atoms with Crippen LogP contribution in [0.4, 0.5) is 0 Å². The Morgan fingerprint density at radius 3 is 2.37 bits per heavy atom. The van der Waals surface area contributed by atoms with E-state index in [2.05, 4.69) is 43.1 Å². The molecule has 3 unspecified atom stereocenters. The molecule has 166 valence electrons. The van der Waals surface area contributed by atoms with Gasteiger partial charge in [0.2, 0.25) is 11.8 Å². The first-order valence-corrected chi connectivity index (χ1v) is 11.4. The van der Waals surface area contributed by atoms with E-state index in [9.17, 15) is 9.59 Å². The number of likely N-dealkylation sites (tertiary alicyclic amines) is 1. The lowest BCUT2D eigenvalue weighted by Gasteiger charge is -2.39. The van der Waals surface area contributed by atoms with Crippen molar-refractivity contribution in [3.05, 3.63) is 35.9 Å². The summed E-state index contributed by atoms with van der Waals surface area (Å²) < 4.78 is 5.80. The molecular weight excluding hydrogens is 378 g/mol. The smallest absolute Gasteiger partial charge is 0.223 e. The van der Waals surface area contributed by atoms with Crippen molar-refractivity contribution in [1.82, 2.24) is 15.1 Å². The molecule has 0 aromatic heterocycles. The summed E-state index contributed by atoms with van der Waals surface area (Å²) >= 11 is 0. The van der Waals surface area contributed by atoms with Crippen molar-refractivity contribution in [1.29, 1.82) is 0 Å². The van der Waals surface area contributed by atoms with Gasteiger partial charge in [-0.05, 0) is 45.6 Å². The van der Waals surface area contributed by atoms with Gasteiger partial charge < -0.3 is 15.0 Å². The molecule has 3 atom stereocenters. The topological polar surface area (TPSA) is 61.9 Å². The van der Waals surface area contributed by atoms with Crippen LogP contribution in [0.15, 0.2) is 30.3 Å². The van der Waals surface area contributed by atoms with Crippen LogP contribution in [0.25, 0.3) is 0 Å². The second-order valence-corrected chi connectivity index (χ2v) is 8.95. The highest BCUT2D eigenvalue weighted by Crippen LogP contribution is 2.19. The van der Waals surface area contributed by atoms with Crippen LogP contribution in [-0.4, -0.2) is 72.6 Å². The summed E-state index contributed by atoms with van der Waals surface area (Å²) in [5.74, 6) is 0.340. The monoisotopic (exact) mass is 415 g/mol. The van der Waals surface area contributed by atoms with Gasteiger partial charge in [0.05, 0.1) is 12.2 Å². The van der Waals surface area contributed by atoms with E-state index in [1.807, 2.05) is 23.1 Å². The molecule has 30 heavy (non-hydrogen) atoms. The highest BCUT2D eigenvalue weighted by molar-refractivity contribution is 5.80. The third-order valence-corrected chi connectivity index (χ3v) is 6.33. The summed E-state index contributed by atoms with van der Waals surface area (Å²) in [6.45, 7) is 10.2. The molecule has 0 saturated carbocycles. The molecule has 2 aliphatic rings. The Hall–Kier alpha value is -1.92. The van der Waals surface area contributed by atoms with E-state index in [0.717, 1.165) is 32.4 Å². The zero-order valence-corrected chi connectivity index (χ0v) is 18.7. The number of hydrogen-bond acceptors (Lipinski definition) is 4. The van der Waals surface area contributed by atoms with E-state index in [1.165, 1.54) is 5.56 Å². The molecule has 2 amide bonds. The summed E-state index contributed by atoms with van der Waals surface area (Å²) in [6, 6.07) is 10.4. The molecule has 6 heteroatoms. The van der Waals surface area contributed by atoms with Gasteiger partial charge in [0.25, 0.3) is 0 Å². The van der Waals surface area contributed by atoms with E-state index in [1.54, 1.807) is 0 Å². The third-order valence-electron chi connectivity index (χ3n) is 6.33. The normalized spacial score (nSPS) is 24.4. The predicted octanol–water partition coefficient (Wildman–Crippen LogP) is 2.47. The highest BCUT2D eigenvalue weighted by atomic mass is 16.5. The predicted molar refractivity (Wildman–Crippen MR) is 118 cm³/mol. The summed E-state index contributed by atoms with van der Waals surface area (Å²) in [6.07, 6.45) is 3.28. The molecule has 6 nitrogen and oxygen atoms in total. The SMILES string of the molecule is CC1CN(C(C)CNC(=O)C2CCN(C(=O)CCc3ccccc3)CC2)CC(C)O1. The number of morpholine rings is 1. The summed E-state index contributed by atoms with van der Waals surface area (Å²) in [5.41, 5.74) is 1.19. The van der Waals surface area contributed by atoms with Crippen molar-refractivity contribution in [3.63, 3.8) is 0 Å². The van der Waals surface area contributed by atoms with E-state index in [0.29, 0.717) is 32.1 Å². The number of rotatable bonds is 7. The van der Waals surface area contributed by atoms with Gasteiger partial charge >= 0.3 is 0 Å². The number of benzene rings is 1. The van der Waals surface area contributed by atoms with E-state index >= 15 is 0 Å². The summed E-state index contributed by atoms with van der Waals surface area (Å²) in [7, 11) is 0. The largest absolute Gasteiger partial charge is 0.373 e. The molecule has 0 radical (unpaired) electrons. The minimum absolute atomic E-state index is 0.0120. The van der Waals surface area contributed by atoms with E-state index in [4.69, 9.17) is 4.74 Å². The molecule has 1 aromatic carbocycles. The van der Waals surface area contributed by atoms with Gasteiger partial charge in [0, 0.05) is 51.1 Å². The van der Waals surface area contributed by atoms with Crippen molar-refractivity contribution >= 4 is 11.8 Å². The fourth-order valence-electron chi connectivity index (χ4n) is 4.54. The Labute approximate surface area is 180 Å². The van der Waals surface area contributed by atoms with E-state index in [-0.39, 0.29) is 29.9 Å². The number of carbonyl (C=O) groups is 2. The van der Waals surface area contributed by atoms with Gasteiger partial charge in [0.1, 0.15) is 0 Å². The lowest BCUT2D eigenvalue weighted by Crippen LogP contribution is -2.53. The number of aryl methyl sites for hydroxylation is 1. The first kappa shape index (κ1) is 22.8. The van der Waals surface area contributed by atoms with Crippen LogP contribution >= 0.6 is 0 Å². The van der Waals surface area contributed by atoms with E-state index < -0.39 is 0 Å². The molecule has 2 aliphatic heterocycles. The molecule has 2 saturated heterocycles. The number of nitrogens with one attached hydrogen (secondary N) is 1. The van der Waals surface area contributed by atoms with Gasteiger partial charge in [-0.25, -0.2) is 0 Å². The standard InChI is InChI=1S/C24H37N3O3/c1-18(27-16-19(2)30-20(3)17-27)15-25-24(29)22-11-13-26(14-12-22)23(28)10-9-21-7-5-4-6-8-21/h4-8,18-20,22H,9-17H2,1-3H3,(H,25,29). The second-order valence-electron chi connectivity index (χ2n) is 8.95. The average molecular weight is 416 g/mol. The first-order valence-electron chi connectivity index (χ1n) is 11.4. The minimum atomic E-state index is 0.0120. The van der Waals surface area contributed by atoms with Crippen molar-refractivity contribution in [2.75, 3.05) is 32.7 Å². The van der Waals surface area contributed by atoms with Crippen LogP contribution in [0.3, 0.4) is 0 Å². The van der Waals surface area contributed by atoms with Crippen LogP contribution < -0.4 is 5.32 Å². The Bertz CT molecular complexity index is 678. The average Bonchev–Trinajstić information content (AvgIpc) is 2.75. The number of carbonyl (C=O) groups excluding carboxylic acids is 2. The number of nitrogens with zero attached hydrogens (tertiary/aromatic N) is 2. The fraction of sp³-hybridized carbons (Fsp3) is 0.667. The van der Waals surface area contributed by atoms with Crippen molar-refractivity contribution in [2.24, 2.45) is 5.92 Å². The van der Waals surface area contributed by atoms with Crippen LogP contribution in [-0.2, 0) is 20.7 Å². The first-order chi connectivity index (χ1) is 14.4. The second kappa shape index (κ2) is 10.9. The molecule has 0 aliphatic carbocycles. The van der Waals surface area contributed by atoms with Crippen LogP contribution in [0.5, 0.6) is 0 Å².